The summed E-state index contributed by atoms with van der Waals surface area (Å²) < 4.78 is 0. The summed E-state index contributed by atoms with van der Waals surface area (Å²) in [6.07, 6.45) is 4.61. The maximum Gasteiger partial charge on any atom is 0.222 e. The molecule has 1 aliphatic heterocycles. The zero-order valence-corrected chi connectivity index (χ0v) is 12.7. The minimum absolute atomic E-state index is 0.301. The van der Waals surface area contributed by atoms with Gasteiger partial charge in [-0.15, -0.1) is 0 Å². The van der Waals surface area contributed by atoms with Gasteiger partial charge in [0.1, 0.15) is 0 Å². The minimum Gasteiger partial charge on any atom is -0.361 e. The van der Waals surface area contributed by atoms with Crippen molar-refractivity contribution < 1.29 is 4.79 Å². The van der Waals surface area contributed by atoms with Crippen molar-refractivity contribution >= 4 is 22.4 Å². The average molecular weight is 301 g/mol. The second-order valence-corrected chi connectivity index (χ2v) is 6.19. The fourth-order valence-corrected chi connectivity index (χ4v) is 3.34. The standard InChI is InChI=1S/C16H19N3OS/c20-15-8-4-10-19(15)11-5-9-17-16-18-12-14(21-16)13-6-2-1-3-7-13/h1-3,6-7,12H,4-5,8-11H2,(H,17,18). The first-order valence-electron chi connectivity index (χ1n) is 7.36. The molecule has 1 aromatic carbocycles. The van der Waals surface area contributed by atoms with Crippen LogP contribution in [0.3, 0.4) is 0 Å². The molecule has 1 fully saturated rings. The van der Waals surface area contributed by atoms with E-state index in [2.05, 4.69) is 22.4 Å². The van der Waals surface area contributed by atoms with Crippen molar-refractivity contribution in [3.8, 4) is 10.4 Å². The second-order valence-electron chi connectivity index (χ2n) is 5.16. The van der Waals surface area contributed by atoms with Gasteiger partial charge in [-0.1, -0.05) is 41.7 Å². The van der Waals surface area contributed by atoms with Crippen LogP contribution in [0.1, 0.15) is 19.3 Å². The molecule has 0 saturated carbocycles. The van der Waals surface area contributed by atoms with Crippen LogP contribution in [0, 0.1) is 0 Å². The first-order valence-corrected chi connectivity index (χ1v) is 8.17. The lowest BCUT2D eigenvalue weighted by Crippen LogP contribution is -2.26. The van der Waals surface area contributed by atoms with Crippen LogP contribution in [0.4, 0.5) is 5.13 Å². The highest BCUT2D eigenvalue weighted by atomic mass is 32.1. The monoisotopic (exact) mass is 301 g/mol. The van der Waals surface area contributed by atoms with Gasteiger partial charge in [0.2, 0.25) is 5.91 Å². The van der Waals surface area contributed by atoms with E-state index < -0.39 is 0 Å². The van der Waals surface area contributed by atoms with Crippen molar-refractivity contribution in [3.05, 3.63) is 36.5 Å². The molecule has 21 heavy (non-hydrogen) atoms. The lowest BCUT2D eigenvalue weighted by atomic mass is 10.2. The molecule has 0 bridgehead atoms. The van der Waals surface area contributed by atoms with Crippen LogP contribution in [0.25, 0.3) is 10.4 Å². The Hall–Kier alpha value is -1.88. The van der Waals surface area contributed by atoms with Gasteiger partial charge in [-0.2, -0.15) is 0 Å². The molecule has 2 heterocycles. The van der Waals surface area contributed by atoms with E-state index in [4.69, 9.17) is 0 Å². The van der Waals surface area contributed by atoms with E-state index in [9.17, 15) is 4.79 Å². The lowest BCUT2D eigenvalue weighted by Gasteiger charge is -2.14. The van der Waals surface area contributed by atoms with Gasteiger partial charge in [-0.05, 0) is 18.4 Å². The number of nitrogens with zero attached hydrogens (tertiary/aromatic N) is 2. The quantitative estimate of drug-likeness (QED) is 0.833. The Bertz CT molecular complexity index is 597. The fraction of sp³-hybridized carbons (Fsp3) is 0.375. The number of thiazole rings is 1. The van der Waals surface area contributed by atoms with Crippen molar-refractivity contribution in [1.29, 1.82) is 0 Å². The van der Waals surface area contributed by atoms with Crippen LogP contribution in [-0.4, -0.2) is 35.4 Å². The summed E-state index contributed by atoms with van der Waals surface area (Å²) in [7, 11) is 0. The SMILES string of the molecule is O=C1CCCN1CCCNc1ncc(-c2ccccc2)s1. The van der Waals surface area contributed by atoms with E-state index in [0.717, 1.165) is 44.0 Å². The fourth-order valence-electron chi connectivity index (χ4n) is 2.50. The largest absolute Gasteiger partial charge is 0.361 e. The van der Waals surface area contributed by atoms with E-state index >= 15 is 0 Å². The summed E-state index contributed by atoms with van der Waals surface area (Å²) >= 11 is 1.67. The van der Waals surface area contributed by atoms with Gasteiger partial charge in [0.25, 0.3) is 0 Å². The summed E-state index contributed by atoms with van der Waals surface area (Å²) in [6, 6.07) is 10.3. The Morgan fingerprint density at radius 3 is 2.90 bits per heavy atom. The van der Waals surface area contributed by atoms with Crippen molar-refractivity contribution in [2.75, 3.05) is 25.0 Å². The van der Waals surface area contributed by atoms with Gasteiger partial charge in [-0.25, -0.2) is 4.98 Å². The van der Waals surface area contributed by atoms with E-state index in [1.807, 2.05) is 29.3 Å². The maximum atomic E-state index is 11.5. The highest BCUT2D eigenvalue weighted by molar-refractivity contribution is 7.18. The van der Waals surface area contributed by atoms with E-state index in [1.165, 1.54) is 10.4 Å². The molecule has 4 nitrogen and oxygen atoms in total. The molecule has 0 atom stereocenters. The Morgan fingerprint density at radius 2 is 2.14 bits per heavy atom. The van der Waals surface area contributed by atoms with Crippen LogP contribution in [-0.2, 0) is 4.79 Å². The molecule has 5 heteroatoms. The Labute approximate surface area is 128 Å². The molecular weight excluding hydrogens is 282 g/mol. The molecule has 0 aliphatic carbocycles. The Kier molecular flexibility index (Phi) is 4.50. The summed E-state index contributed by atoms with van der Waals surface area (Å²) in [6.45, 7) is 2.63. The molecule has 0 unspecified atom stereocenters. The van der Waals surface area contributed by atoms with Gasteiger partial charge >= 0.3 is 0 Å². The molecule has 0 spiro atoms. The number of carbonyl (C=O) groups excluding carboxylic acids is 1. The Balaban J connectivity index is 1.46. The van der Waals surface area contributed by atoms with Crippen molar-refractivity contribution in [3.63, 3.8) is 0 Å². The first kappa shape index (κ1) is 14.1. The molecular formula is C16H19N3OS. The molecule has 110 valence electrons. The highest BCUT2D eigenvalue weighted by Gasteiger charge is 2.18. The number of benzene rings is 1. The van der Waals surface area contributed by atoms with Crippen LogP contribution in [0.2, 0.25) is 0 Å². The predicted molar refractivity (Wildman–Crippen MR) is 86.5 cm³/mol. The van der Waals surface area contributed by atoms with Crippen molar-refractivity contribution in [1.82, 2.24) is 9.88 Å². The summed E-state index contributed by atoms with van der Waals surface area (Å²) in [5.41, 5.74) is 1.20. The molecule has 1 amide bonds. The highest BCUT2D eigenvalue weighted by Crippen LogP contribution is 2.28. The van der Waals surface area contributed by atoms with E-state index in [1.54, 1.807) is 11.3 Å². The van der Waals surface area contributed by atoms with Crippen molar-refractivity contribution in [2.24, 2.45) is 0 Å². The number of hydrogen-bond acceptors (Lipinski definition) is 4. The van der Waals surface area contributed by atoms with Gasteiger partial charge in [0.15, 0.2) is 5.13 Å². The number of amides is 1. The number of anilines is 1. The van der Waals surface area contributed by atoms with E-state index in [-0.39, 0.29) is 0 Å². The van der Waals surface area contributed by atoms with Gasteiger partial charge in [0.05, 0.1) is 4.88 Å². The molecule has 3 rings (SSSR count). The van der Waals surface area contributed by atoms with Crippen LogP contribution >= 0.6 is 11.3 Å². The van der Waals surface area contributed by atoms with E-state index in [0.29, 0.717) is 5.91 Å². The number of hydrogen-bond donors (Lipinski definition) is 1. The molecule has 1 saturated heterocycles. The smallest absolute Gasteiger partial charge is 0.222 e. The number of aromatic nitrogens is 1. The molecule has 2 aromatic rings. The third kappa shape index (κ3) is 3.61. The number of likely N-dealkylation sites (tertiary alicyclic amines) is 1. The number of carbonyl (C=O) groups is 1. The summed E-state index contributed by atoms with van der Waals surface area (Å²) in [4.78, 5) is 19.0. The zero-order chi connectivity index (χ0) is 14.5. The van der Waals surface area contributed by atoms with Crippen LogP contribution < -0.4 is 5.32 Å². The van der Waals surface area contributed by atoms with Gasteiger partial charge in [0, 0.05) is 32.3 Å². The Morgan fingerprint density at radius 1 is 1.29 bits per heavy atom. The van der Waals surface area contributed by atoms with Gasteiger partial charge < -0.3 is 10.2 Å². The predicted octanol–water partition coefficient (Wildman–Crippen LogP) is 3.23. The third-order valence-corrected chi connectivity index (χ3v) is 4.62. The van der Waals surface area contributed by atoms with Gasteiger partial charge in [-0.3, -0.25) is 4.79 Å². The molecule has 1 N–H and O–H groups in total. The molecule has 0 radical (unpaired) electrons. The second kappa shape index (κ2) is 6.72. The number of nitrogens with one attached hydrogen (secondary N) is 1. The first-order chi connectivity index (χ1) is 10.3. The lowest BCUT2D eigenvalue weighted by molar-refractivity contribution is -0.127. The zero-order valence-electron chi connectivity index (χ0n) is 11.9. The minimum atomic E-state index is 0.301. The van der Waals surface area contributed by atoms with Crippen molar-refractivity contribution in [2.45, 2.75) is 19.3 Å². The average Bonchev–Trinajstić information content (AvgIpc) is 3.14. The topological polar surface area (TPSA) is 45.2 Å². The van der Waals surface area contributed by atoms with Crippen LogP contribution in [0.15, 0.2) is 36.5 Å². The summed E-state index contributed by atoms with van der Waals surface area (Å²) in [5.74, 6) is 0.301. The third-order valence-electron chi connectivity index (χ3n) is 3.62. The number of rotatable bonds is 6. The maximum absolute atomic E-state index is 11.5. The summed E-state index contributed by atoms with van der Waals surface area (Å²) in [5, 5.41) is 4.29. The molecule has 1 aromatic heterocycles. The normalized spacial score (nSPS) is 14.7. The molecule has 1 aliphatic rings. The van der Waals surface area contributed by atoms with Crippen LogP contribution in [0.5, 0.6) is 0 Å².